The summed E-state index contributed by atoms with van der Waals surface area (Å²) in [5.41, 5.74) is 2.37. The van der Waals surface area contributed by atoms with Crippen molar-refractivity contribution in [1.82, 2.24) is 4.90 Å². The molecule has 0 bridgehead atoms. The quantitative estimate of drug-likeness (QED) is 0.801. The van der Waals surface area contributed by atoms with E-state index in [9.17, 15) is 9.59 Å². The van der Waals surface area contributed by atoms with E-state index in [1.165, 1.54) is 17.5 Å². The van der Waals surface area contributed by atoms with Crippen LogP contribution >= 0.6 is 0 Å². The van der Waals surface area contributed by atoms with E-state index in [0.29, 0.717) is 13.0 Å². The van der Waals surface area contributed by atoms with Crippen molar-refractivity contribution in [3.05, 3.63) is 35.4 Å². The number of hydrogen-bond donors (Lipinski definition) is 1. The van der Waals surface area contributed by atoms with E-state index < -0.39 is 11.9 Å². The molecule has 0 aromatic heterocycles. The van der Waals surface area contributed by atoms with Gasteiger partial charge in [-0.2, -0.15) is 0 Å². The largest absolute Gasteiger partial charge is 0.474 e. The molecule has 17 heavy (non-hydrogen) atoms. The highest BCUT2D eigenvalue weighted by molar-refractivity contribution is 6.31. The zero-order chi connectivity index (χ0) is 12.8. The Kier molecular flexibility index (Phi) is 4.69. The first-order valence-corrected chi connectivity index (χ1v) is 5.60. The Morgan fingerprint density at radius 2 is 1.71 bits per heavy atom. The van der Waals surface area contributed by atoms with Crippen LogP contribution in [0, 0.1) is 0 Å². The van der Waals surface area contributed by atoms with Gasteiger partial charge in [-0.1, -0.05) is 31.2 Å². The predicted molar refractivity (Wildman–Crippen MR) is 64.8 cm³/mol. The first kappa shape index (κ1) is 13.2. The molecule has 1 amide bonds. The average molecular weight is 235 g/mol. The van der Waals surface area contributed by atoms with Crippen molar-refractivity contribution in [2.75, 3.05) is 13.6 Å². The van der Waals surface area contributed by atoms with Gasteiger partial charge in [-0.3, -0.25) is 4.79 Å². The number of nitrogens with zero attached hydrogens (tertiary/aromatic N) is 1. The van der Waals surface area contributed by atoms with Crippen LogP contribution in [-0.2, 0) is 22.4 Å². The molecular weight excluding hydrogens is 218 g/mol. The summed E-state index contributed by atoms with van der Waals surface area (Å²) >= 11 is 0. The van der Waals surface area contributed by atoms with E-state index in [4.69, 9.17) is 5.11 Å². The maximum Gasteiger partial charge on any atom is 0.394 e. The minimum Gasteiger partial charge on any atom is -0.474 e. The van der Waals surface area contributed by atoms with E-state index in [1.54, 1.807) is 0 Å². The second-order valence-electron chi connectivity index (χ2n) is 3.95. The lowest BCUT2D eigenvalue weighted by atomic mass is 10.1. The van der Waals surface area contributed by atoms with Crippen LogP contribution < -0.4 is 0 Å². The van der Waals surface area contributed by atoms with Crippen molar-refractivity contribution in [1.29, 1.82) is 0 Å². The van der Waals surface area contributed by atoms with Crippen LogP contribution in [0.3, 0.4) is 0 Å². The standard InChI is InChI=1S/C13H17NO3/c1-3-10-4-6-11(7-5-10)8-9-14(2)12(15)13(16)17/h4-7H,3,8-9H2,1-2H3,(H,16,17). The third-order valence-electron chi connectivity index (χ3n) is 2.70. The van der Waals surface area contributed by atoms with Crippen LogP contribution in [0.2, 0.25) is 0 Å². The summed E-state index contributed by atoms with van der Waals surface area (Å²) in [6.45, 7) is 2.50. The molecule has 1 rings (SSSR count). The second kappa shape index (κ2) is 6.03. The van der Waals surface area contributed by atoms with Crippen LogP contribution in [0.5, 0.6) is 0 Å². The number of carboxylic acid groups (broad SMARTS) is 1. The highest BCUT2D eigenvalue weighted by Crippen LogP contribution is 2.06. The smallest absolute Gasteiger partial charge is 0.394 e. The Morgan fingerprint density at radius 3 is 2.18 bits per heavy atom. The Labute approximate surface area is 101 Å². The molecule has 1 aromatic rings. The Balaban J connectivity index is 2.49. The highest BCUT2D eigenvalue weighted by Gasteiger charge is 2.16. The number of benzene rings is 1. The van der Waals surface area contributed by atoms with Crippen molar-refractivity contribution in [2.24, 2.45) is 0 Å². The second-order valence-corrected chi connectivity index (χ2v) is 3.95. The van der Waals surface area contributed by atoms with Crippen molar-refractivity contribution < 1.29 is 14.7 Å². The van der Waals surface area contributed by atoms with Gasteiger partial charge in [0.05, 0.1) is 0 Å². The van der Waals surface area contributed by atoms with Crippen LogP contribution in [0.25, 0.3) is 0 Å². The first-order chi connectivity index (χ1) is 8.04. The number of amides is 1. The Hall–Kier alpha value is -1.84. The minimum atomic E-state index is -1.41. The van der Waals surface area contributed by atoms with Gasteiger partial charge in [0.2, 0.25) is 0 Å². The van der Waals surface area contributed by atoms with E-state index in [0.717, 1.165) is 12.0 Å². The van der Waals surface area contributed by atoms with Gasteiger partial charge in [0.1, 0.15) is 0 Å². The van der Waals surface area contributed by atoms with E-state index in [-0.39, 0.29) is 0 Å². The fourth-order valence-electron chi connectivity index (χ4n) is 1.50. The number of aliphatic carboxylic acids is 1. The van der Waals surface area contributed by atoms with Gasteiger partial charge in [-0.05, 0) is 24.0 Å². The number of carbonyl (C=O) groups is 2. The Bertz CT molecular complexity index is 398. The monoisotopic (exact) mass is 235 g/mol. The lowest BCUT2D eigenvalue weighted by molar-refractivity contribution is -0.155. The van der Waals surface area contributed by atoms with Crippen molar-refractivity contribution >= 4 is 11.9 Å². The number of rotatable bonds is 4. The molecule has 0 fully saturated rings. The molecule has 0 aliphatic heterocycles. The number of carbonyl (C=O) groups excluding carboxylic acids is 1. The van der Waals surface area contributed by atoms with Crippen molar-refractivity contribution in [2.45, 2.75) is 19.8 Å². The molecule has 4 heteroatoms. The SMILES string of the molecule is CCc1ccc(CCN(C)C(=O)C(=O)O)cc1. The highest BCUT2D eigenvalue weighted by atomic mass is 16.4. The van der Waals surface area contributed by atoms with Gasteiger partial charge in [0.15, 0.2) is 0 Å². The molecular formula is C13H17NO3. The van der Waals surface area contributed by atoms with Crippen LogP contribution in [0.4, 0.5) is 0 Å². The molecule has 0 radical (unpaired) electrons. The van der Waals surface area contributed by atoms with Gasteiger partial charge >= 0.3 is 11.9 Å². The minimum absolute atomic E-state index is 0.413. The molecule has 92 valence electrons. The molecule has 1 N–H and O–H groups in total. The number of likely N-dealkylation sites (N-methyl/N-ethyl adjacent to an activating group) is 1. The number of aryl methyl sites for hydroxylation is 1. The molecule has 0 saturated carbocycles. The van der Waals surface area contributed by atoms with Gasteiger partial charge in [0.25, 0.3) is 0 Å². The fraction of sp³-hybridized carbons (Fsp3) is 0.385. The third kappa shape index (κ3) is 3.90. The summed E-state index contributed by atoms with van der Waals surface area (Å²) in [5.74, 6) is -2.27. The summed E-state index contributed by atoms with van der Waals surface area (Å²) in [6, 6.07) is 8.12. The summed E-state index contributed by atoms with van der Waals surface area (Å²) in [5, 5.41) is 8.53. The fourth-order valence-corrected chi connectivity index (χ4v) is 1.50. The summed E-state index contributed by atoms with van der Waals surface area (Å²) in [7, 11) is 1.50. The molecule has 0 heterocycles. The Morgan fingerprint density at radius 1 is 1.18 bits per heavy atom. The average Bonchev–Trinajstić information content (AvgIpc) is 2.35. The lowest BCUT2D eigenvalue weighted by Crippen LogP contribution is -2.34. The zero-order valence-electron chi connectivity index (χ0n) is 10.1. The van der Waals surface area contributed by atoms with Crippen LogP contribution in [-0.4, -0.2) is 35.5 Å². The molecule has 0 aliphatic carbocycles. The van der Waals surface area contributed by atoms with Gasteiger partial charge in [0, 0.05) is 13.6 Å². The molecule has 4 nitrogen and oxygen atoms in total. The summed E-state index contributed by atoms with van der Waals surface area (Å²) in [6.07, 6.45) is 1.66. The topological polar surface area (TPSA) is 57.6 Å². The molecule has 1 aromatic carbocycles. The van der Waals surface area contributed by atoms with Crippen LogP contribution in [0.1, 0.15) is 18.1 Å². The summed E-state index contributed by atoms with van der Waals surface area (Å²) < 4.78 is 0. The maximum absolute atomic E-state index is 11.1. The maximum atomic E-state index is 11.1. The first-order valence-electron chi connectivity index (χ1n) is 5.60. The molecule has 0 atom stereocenters. The number of carboxylic acids is 1. The third-order valence-corrected chi connectivity index (χ3v) is 2.70. The van der Waals surface area contributed by atoms with Crippen molar-refractivity contribution in [3.63, 3.8) is 0 Å². The molecule has 0 aliphatic rings. The molecule has 0 spiro atoms. The van der Waals surface area contributed by atoms with E-state index >= 15 is 0 Å². The van der Waals surface area contributed by atoms with Gasteiger partial charge in [-0.15, -0.1) is 0 Å². The van der Waals surface area contributed by atoms with Crippen molar-refractivity contribution in [3.8, 4) is 0 Å². The van der Waals surface area contributed by atoms with E-state index in [1.807, 2.05) is 24.3 Å². The van der Waals surface area contributed by atoms with Crippen LogP contribution in [0.15, 0.2) is 24.3 Å². The van der Waals surface area contributed by atoms with E-state index in [2.05, 4.69) is 6.92 Å². The van der Waals surface area contributed by atoms with Gasteiger partial charge in [-0.25, -0.2) is 4.79 Å². The zero-order valence-corrected chi connectivity index (χ0v) is 10.1. The predicted octanol–water partition coefficient (Wildman–Crippen LogP) is 1.33. The molecule has 0 saturated heterocycles. The number of hydrogen-bond acceptors (Lipinski definition) is 2. The lowest BCUT2D eigenvalue weighted by Gasteiger charge is -2.14. The van der Waals surface area contributed by atoms with Gasteiger partial charge < -0.3 is 10.0 Å². The summed E-state index contributed by atoms with van der Waals surface area (Å²) in [4.78, 5) is 22.8. The normalized spacial score (nSPS) is 10.0. The molecule has 0 unspecified atom stereocenters.